The van der Waals surface area contributed by atoms with Crippen molar-refractivity contribution in [2.45, 2.75) is 0 Å². The lowest BCUT2D eigenvalue weighted by Gasteiger charge is -2.01. The molecule has 3 N–H and O–H groups in total. The Kier molecular flexibility index (Phi) is 3.84. The summed E-state index contributed by atoms with van der Waals surface area (Å²) in [6.45, 7) is 0. The van der Waals surface area contributed by atoms with Gasteiger partial charge in [-0.25, -0.2) is 0 Å². The molecule has 0 radical (unpaired) electrons. The lowest BCUT2D eigenvalue weighted by Crippen LogP contribution is -2.30. The maximum atomic E-state index is 8.26. The summed E-state index contributed by atoms with van der Waals surface area (Å²) in [4.78, 5) is 0. The van der Waals surface area contributed by atoms with Gasteiger partial charge < -0.3 is 24.3 Å². The van der Waals surface area contributed by atoms with E-state index in [1.807, 2.05) is 0 Å². The molecule has 7 heteroatoms. The van der Waals surface area contributed by atoms with E-state index in [4.69, 9.17) is 15.1 Å². The zero-order chi connectivity index (χ0) is 6.57. The monoisotopic (exact) mass is 120 g/mol. The number of hydrogen-bond donors (Lipinski definition) is 3. The summed E-state index contributed by atoms with van der Waals surface area (Å²) in [6.07, 6.45) is 0. The molecule has 0 saturated heterocycles. The van der Waals surface area contributed by atoms with E-state index in [-0.39, 0.29) is 0 Å². The normalized spacial score (nSPS) is 9.00. The summed E-state index contributed by atoms with van der Waals surface area (Å²) >= 11 is 0. The fourth-order valence-electron chi connectivity index (χ4n) is 0.160. The van der Waals surface area contributed by atoms with Gasteiger partial charge in [0.05, 0.1) is 0 Å². The Morgan fingerprint density at radius 2 is 1.75 bits per heavy atom. The average Bonchev–Trinajstić information content (AvgIpc) is 1.65. The molecule has 0 aliphatic heterocycles. The molecule has 0 aromatic rings. The average molecular weight is 120 g/mol. The van der Waals surface area contributed by atoms with Crippen molar-refractivity contribution in [1.82, 2.24) is 0 Å². The van der Waals surface area contributed by atoms with Crippen LogP contribution in [0.3, 0.4) is 0 Å². The molecular weight excluding hydrogens is 114 g/mol. The molecule has 0 heterocycles. The van der Waals surface area contributed by atoms with Crippen molar-refractivity contribution in [1.29, 1.82) is 0 Å². The molecule has 0 amide bonds. The maximum absolute atomic E-state index is 8.26. The summed E-state index contributed by atoms with van der Waals surface area (Å²) < 4.78 is 7.92. The Bertz CT molecular complexity index is 56.4. The molecule has 8 heavy (non-hydrogen) atoms. The summed E-state index contributed by atoms with van der Waals surface area (Å²) in [5.74, 6) is 0. The topological polar surface area (TPSA) is 79.2 Å². The molecule has 46 valence electrons. The van der Waals surface area contributed by atoms with Crippen molar-refractivity contribution in [3.63, 3.8) is 0 Å². The van der Waals surface area contributed by atoms with Crippen molar-refractivity contribution in [2.75, 3.05) is 7.11 Å². The van der Waals surface area contributed by atoms with Gasteiger partial charge in [-0.05, 0) is 0 Å². The van der Waals surface area contributed by atoms with Gasteiger partial charge in [-0.1, -0.05) is 0 Å². The largest absolute Gasteiger partial charge is 0.624 e. The standard InChI is InChI=1S/CH6B2O5/c1-7-3(6)8-2(4)5/h4-6H,1H3. The van der Waals surface area contributed by atoms with Crippen LogP contribution in [0.1, 0.15) is 0 Å². The molecule has 5 nitrogen and oxygen atoms in total. The minimum Gasteiger partial charge on any atom is -0.402 e. The van der Waals surface area contributed by atoms with E-state index in [2.05, 4.69) is 9.23 Å². The van der Waals surface area contributed by atoms with Gasteiger partial charge >= 0.3 is 14.6 Å². The molecular formula is CH6B2O5. The second-order valence-corrected chi connectivity index (χ2v) is 1.01. The summed E-state index contributed by atoms with van der Waals surface area (Å²) in [5.41, 5.74) is 0. The van der Waals surface area contributed by atoms with Crippen LogP contribution in [0, 0.1) is 0 Å². The van der Waals surface area contributed by atoms with E-state index in [0.717, 1.165) is 7.11 Å². The van der Waals surface area contributed by atoms with Gasteiger partial charge in [0.25, 0.3) is 0 Å². The van der Waals surface area contributed by atoms with Crippen molar-refractivity contribution in [2.24, 2.45) is 0 Å². The van der Waals surface area contributed by atoms with E-state index in [9.17, 15) is 0 Å². The molecule has 0 atom stereocenters. The molecule has 0 unspecified atom stereocenters. The highest BCUT2D eigenvalue weighted by Crippen LogP contribution is 1.80. The Morgan fingerprint density at radius 1 is 1.25 bits per heavy atom. The zero-order valence-corrected chi connectivity index (χ0v) is 4.31. The van der Waals surface area contributed by atoms with E-state index >= 15 is 0 Å². The third-order valence-electron chi connectivity index (χ3n) is 0.440. The van der Waals surface area contributed by atoms with E-state index in [1.165, 1.54) is 0 Å². The second kappa shape index (κ2) is 3.88. The Labute approximate surface area is 47.2 Å². The predicted octanol–water partition coefficient (Wildman–Crippen LogP) is -2.40. The van der Waals surface area contributed by atoms with Crippen molar-refractivity contribution >= 4 is 14.6 Å². The third kappa shape index (κ3) is 4.10. The quantitative estimate of drug-likeness (QED) is 0.361. The fraction of sp³-hybridized carbons (Fsp3) is 1.00. The second-order valence-electron chi connectivity index (χ2n) is 1.01. The highest BCUT2D eigenvalue weighted by atomic mass is 16.7. The molecule has 0 spiro atoms. The molecule has 0 aromatic heterocycles. The SMILES string of the molecule is COB(O)OB(O)O. The predicted molar refractivity (Wildman–Crippen MR) is 26.3 cm³/mol. The first kappa shape index (κ1) is 7.93. The molecule has 0 aliphatic rings. The first-order valence-electron chi connectivity index (χ1n) is 1.89. The minimum atomic E-state index is -2.00. The van der Waals surface area contributed by atoms with Crippen LogP contribution < -0.4 is 0 Å². The fourth-order valence-corrected chi connectivity index (χ4v) is 0.160. The first-order valence-corrected chi connectivity index (χ1v) is 1.89. The molecule has 0 saturated carbocycles. The molecule has 0 bridgehead atoms. The molecule has 0 fully saturated rings. The van der Waals surface area contributed by atoms with Gasteiger partial charge in [0, 0.05) is 7.11 Å². The zero-order valence-electron chi connectivity index (χ0n) is 4.31. The van der Waals surface area contributed by atoms with Gasteiger partial charge in [0.15, 0.2) is 0 Å². The van der Waals surface area contributed by atoms with Gasteiger partial charge in [-0.2, -0.15) is 0 Å². The van der Waals surface area contributed by atoms with Gasteiger partial charge in [0.2, 0.25) is 0 Å². The van der Waals surface area contributed by atoms with Gasteiger partial charge in [-0.15, -0.1) is 0 Å². The van der Waals surface area contributed by atoms with Crippen LogP contribution in [-0.4, -0.2) is 36.8 Å². The smallest absolute Gasteiger partial charge is 0.402 e. The summed E-state index contributed by atoms with van der Waals surface area (Å²) in [7, 11) is -2.41. The number of rotatable bonds is 3. The minimum absolute atomic E-state index is 1.16. The van der Waals surface area contributed by atoms with Crippen LogP contribution in [-0.2, 0) is 9.23 Å². The molecule has 0 aliphatic carbocycles. The van der Waals surface area contributed by atoms with Crippen LogP contribution in [0.4, 0.5) is 0 Å². The molecule has 0 aromatic carbocycles. The summed E-state index contributed by atoms with van der Waals surface area (Å²) in [5, 5.41) is 24.2. The van der Waals surface area contributed by atoms with E-state index in [1.54, 1.807) is 0 Å². The lowest BCUT2D eigenvalue weighted by atomic mass is 10.1. The molecule has 0 rings (SSSR count). The Hall–Kier alpha value is -0.0701. The van der Waals surface area contributed by atoms with Crippen LogP contribution in [0.15, 0.2) is 0 Å². The van der Waals surface area contributed by atoms with Crippen molar-refractivity contribution < 1.29 is 24.3 Å². The lowest BCUT2D eigenvalue weighted by molar-refractivity contribution is 0.188. The third-order valence-corrected chi connectivity index (χ3v) is 0.440. The van der Waals surface area contributed by atoms with Gasteiger partial charge in [-0.3, -0.25) is 0 Å². The summed E-state index contributed by atoms with van der Waals surface area (Å²) in [6, 6.07) is 0. The van der Waals surface area contributed by atoms with Crippen molar-refractivity contribution in [3.8, 4) is 0 Å². The first-order chi connectivity index (χ1) is 3.66. The highest BCUT2D eigenvalue weighted by Gasteiger charge is 2.21. The van der Waals surface area contributed by atoms with Crippen LogP contribution in [0.25, 0.3) is 0 Å². The van der Waals surface area contributed by atoms with Crippen LogP contribution in [0.2, 0.25) is 0 Å². The van der Waals surface area contributed by atoms with Crippen LogP contribution in [0.5, 0.6) is 0 Å². The Morgan fingerprint density at radius 3 is 1.88 bits per heavy atom. The van der Waals surface area contributed by atoms with E-state index in [0.29, 0.717) is 0 Å². The van der Waals surface area contributed by atoms with E-state index < -0.39 is 14.6 Å². The number of hydrogen-bond acceptors (Lipinski definition) is 5. The van der Waals surface area contributed by atoms with Crippen molar-refractivity contribution in [3.05, 3.63) is 0 Å². The van der Waals surface area contributed by atoms with Gasteiger partial charge in [0.1, 0.15) is 0 Å². The maximum Gasteiger partial charge on any atom is 0.624 e. The Balaban J connectivity index is 3.10. The highest BCUT2D eigenvalue weighted by molar-refractivity contribution is 6.49. The van der Waals surface area contributed by atoms with Crippen LogP contribution >= 0.6 is 0 Å².